The molecule has 1 aliphatic rings. The summed E-state index contributed by atoms with van der Waals surface area (Å²) >= 11 is 0. The van der Waals surface area contributed by atoms with E-state index in [9.17, 15) is 0 Å². The quantitative estimate of drug-likeness (QED) is 0.263. The van der Waals surface area contributed by atoms with Crippen LogP contribution in [0.4, 0.5) is 0 Å². The van der Waals surface area contributed by atoms with E-state index in [2.05, 4.69) is 109 Å². The number of ether oxygens (including phenoxy) is 2. The zero-order chi connectivity index (χ0) is 23.2. The predicted octanol–water partition coefficient (Wildman–Crippen LogP) is 8.72. The van der Waals surface area contributed by atoms with Crippen molar-refractivity contribution in [3.63, 3.8) is 0 Å². The number of benzene rings is 6. The van der Waals surface area contributed by atoms with Gasteiger partial charge in [0.05, 0.1) is 0 Å². The highest BCUT2D eigenvalue weighted by Gasteiger charge is 2.22. The van der Waals surface area contributed by atoms with Crippen molar-refractivity contribution in [3.8, 4) is 44.9 Å². The first-order chi connectivity index (χ1) is 17.3. The SMILES string of the molecule is c1ccc(-c2ccc3c4c(ccc3c2)OCOc2ccc3cc(-c5ccccc5)ccc3c2-4)cc1. The summed E-state index contributed by atoms with van der Waals surface area (Å²) in [6.45, 7) is 0.196. The fourth-order valence-electron chi connectivity index (χ4n) is 5.15. The highest BCUT2D eigenvalue weighted by molar-refractivity contribution is 6.11. The van der Waals surface area contributed by atoms with Crippen molar-refractivity contribution in [3.05, 3.63) is 121 Å². The first kappa shape index (κ1) is 19.9. The molecule has 0 saturated carbocycles. The van der Waals surface area contributed by atoms with E-state index in [0.29, 0.717) is 0 Å². The second-order valence-electron chi connectivity index (χ2n) is 8.89. The van der Waals surface area contributed by atoms with E-state index in [1.165, 1.54) is 33.0 Å². The summed E-state index contributed by atoms with van der Waals surface area (Å²) in [6, 6.07) is 42.8. The Bertz CT molecular complexity index is 1570. The lowest BCUT2D eigenvalue weighted by molar-refractivity contribution is 0.125. The first-order valence-corrected chi connectivity index (χ1v) is 11.9. The van der Waals surface area contributed by atoms with Crippen LogP contribution in [0.25, 0.3) is 54.9 Å². The number of hydrogen-bond donors (Lipinski definition) is 0. The van der Waals surface area contributed by atoms with Crippen molar-refractivity contribution < 1.29 is 9.47 Å². The van der Waals surface area contributed by atoms with E-state index in [0.717, 1.165) is 33.4 Å². The van der Waals surface area contributed by atoms with Crippen LogP contribution < -0.4 is 9.47 Å². The summed E-state index contributed by atoms with van der Waals surface area (Å²) in [7, 11) is 0. The van der Waals surface area contributed by atoms with Crippen molar-refractivity contribution in [2.45, 2.75) is 0 Å². The molecule has 0 aromatic heterocycles. The predicted molar refractivity (Wildman–Crippen MR) is 144 cm³/mol. The van der Waals surface area contributed by atoms with Crippen LogP contribution in [-0.4, -0.2) is 6.79 Å². The third-order valence-electron chi connectivity index (χ3n) is 6.86. The van der Waals surface area contributed by atoms with Crippen LogP contribution in [0.5, 0.6) is 11.5 Å². The first-order valence-electron chi connectivity index (χ1n) is 11.9. The summed E-state index contributed by atoms with van der Waals surface area (Å²) in [5.74, 6) is 1.70. The third-order valence-corrected chi connectivity index (χ3v) is 6.86. The lowest BCUT2D eigenvalue weighted by atomic mass is 9.90. The van der Waals surface area contributed by atoms with Gasteiger partial charge in [-0.3, -0.25) is 0 Å². The molecule has 6 aromatic rings. The van der Waals surface area contributed by atoms with Gasteiger partial charge in [-0.2, -0.15) is 0 Å². The molecule has 0 bridgehead atoms. The average molecular weight is 451 g/mol. The van der Waals surface area contributed by atoms with Gasteiger partial charge in [0.1, 0.15) is 11.5 Å². The van der Waals surface area contributed by atoms with Gasteiger partial charge >= 0.3 is 0 Å². The van der Waals surface area contributed by atoms with Crippen LogP contribution in [0.3, 0.4) is 0 Å². The Morgan fingerprint density at radius 1 is 0.400 bits per heavy atom. The zero-order valence-corrected chi connectivity index (χ0v) is 19.1. The van der Waals surface area contributed by atoms with Gasteiger partial charge in [0.15, 0.2) is 0 Å². The molecular formula is C33H22O2. The van der Waals surface area contributed by atoms with Crippen molar-refractivity contribution in [1.82, 2.24) is 0 Å². The molecule has 0 saturated heterocycles. The molecule has 2 heteroatoms. The molecule has 0 fully saturated rings. The minimum Gasteiger partial charge on any atom is -0.457 e. The van der Waals surface area contributed by atoms with Crippen LogP contribution >= 0.6 is 0 Å². The molecule has 0 spiro atoms. The molecule has 0 atom stereocenters. The molecule has 0 unspecified atom stereocenters. The lowest BCUT2D eigenvalue weighted by Crippen LogP contribution is -2.03. The Morgan fingerprint density at radius 3 is 1.31 bits per heavy atom. The Labute approximate surface area is 204 Å². The molecule has 7 rings (SSSR count). The Hall–Kier alpha value is -4.56. The normalized spacial score (nSPS) is 12.3. The largest absolute Gasteiger partial charge is 0.457 e. The van der Waals surface area contributed by atoms with E-state index in [4.69, 9.17) is 9.47 Å². The van der Waals surface area contributed by atoms with Crippen molar-refractivity contribution in [2.75, 3.05) is 6.79 Å². The molecule has 1 heterocycles. The molecule has 0 aliphatic carbocycles. The highest BCUT2D eigenvalue weighted by atomic mass is 16.7. The lowest BCUT2D eigenvalue weighted by Gasteiger charge is -2.15. The van der Waals surface area contributed by atoms with Crippen molar-refractivity contribution >= 4 is 21.5 Å². The maximum Gasteiger partial charge on any atom is 0.230 e. The third kappa shape index (κ3) is 3.34. The summed E-state index contributed by atoms with van der Waals surface area (Å²) in [4.78, 5) is 0. The van der Waals surface area contributed by atoms with Crippen LogP contribution in [0.1, 0.15) is 0 Å². The smallest absolute Gasteiger partial charge is 0.230 e. The zero-order valence-electron chi connectivity index (χ0n) is 19.1. The number of hydrogen-bond acceptors (Lipinski definition) is 2. The molecule has 0 amide bonds. The van der Waals surface area contributed by atoms with Gasteiger partial charge in [-0.05, 0) is 68.1 Å². The molecule has 35 heavy (non-hydrogen) atoms. The Balaban J connectivity index is 1.47. The molecule has 6 aromatic carbocycles. The maximum absolute atomic E-state index is 6.07. The number of rotatable bonds is 2. The molecule has 2 nitrogen and oxygen atoms in total. The molecule has 166 valence electrons. The summed E-state index contributed by atoms with van der Waals surface area (Å²) in [5.41, 5.74) is 7.01. The topological polar surface area (TPSA) is 18.5 Å². The molecule has 1 aliphatic heterocycles. The van der Waals surface area contributed by atoms with Crippen LogP contribution in [0, 0.1) is 0 Å². The second-order valence-corrected chi connectivity index (χ2v) is 8.89. The van der Waals surface area contributed by atoms with Gasteiger partial charge in [0.2, 0.25) is 6.79 Å². The van der Waals surface area contributed by atoms with Crippen molar-refractivity contribution in [2.24, 2.45) is 0 Å². The average Bonchev–Trinajstić information content (AvgIpc) is 3.13. The van der Waals surface area contributed by atoms with Gasteiger partial charge in [0.25, 0.3) is 0 Å². The van der Waals surface area contributed by atoms with E-state index in [-0.39, 0.29) is 6.79 Å². The fraction of sp³-hybridized carbons (Fsp3) is 0.0303. The van der Waals surface area contributed by atoms with Crippen LogP contribution in [0.15, 0.2) is 121 Å². The Morgan fingerprint density at radius 2 is 0.857 bits per heavy atom. The highest BCUT2D eigenvalue weighted by Crippen LogP contribution is 2.47. The standard InChI is InChI=1S/C33H22O2/c1-3-7-22(8-4-1)24-11-15-28-26(19-24)13-17-30-32(28)33-29-16-12-25(23-9-5-2-6-10-23)20-27(29)14-18-31(33)35-21-34-30/h1-20H,21H2. The second kappa shape index (κ2) is 8.03. The van der Waals surface area contributed by atoms with Gasteiger partial charge in [-0.25, -0.2) is 0 Å². The monoisotopic (exact) mass is 450 g/mol. The van der Waals surface area contributed by atoms with E-state index >= 15 is 0 Å². The summed E-state index contributed by atoms with van der Waals surface area (Å²) in [6.07, 6.45) is 0. The van der Waals surface area contributed by atoms with Crippen LogP contribution in [-0.2, 0) is 0 Å². The molecule has 0 N–H and O–H groups in total. The number of fused-ring (bicyclic) bond motifs is 7. The van der Waals surface area contributed by atoms with Crippen molar-refractivity contribution in [1.29, 1.82) is 0 Å². The van der Waals surface area contributed by atoms with Gasteiger partial charge in [-0.1, -0.05) is 97.1 Å². The minimum absolute atomic E-state index is 0.196. The van der Waals surface area contributed by atoms with E-state index in [1.54, 1.807) is 0 Å². The minimum atomic E-state index is 0.196. The molecular weight excluding hydrogens is 428 g/mol. The van der Waals surface area contributed by atoms with E-state index in [1.807, 2.05) is 12.1 Å². The Kier molecular flexibility index (Phi) is 4.56. The summed E-state index contributed by atoms with van der Waals surface area (Å²) in [5, 5.41) is 4.68. The van der Waals surface area contributed by atoms with Gasteiger partial charge < -0.3 is 9.47 Å². The van der Waals surface area contributed by atoms with Gasteiger partial charge in [-0.15, -0.1) is 0 Å². The van der Waals surface area contributed by atoms with Gasteiger partial charge in [0, 0.05) is 11.1 Å². The van der Waals surface area contributed by atoms with Crippen LogP contribution in [0.2, 0.25) is 0 Å². The van der Waals surface area contributed by atoms with E-state index < -0.39 is 0 Å². The molecule has 0 radical (unpaired) electrons. The maximum atomic E-state index is 6.07. The summed E-state index contributed by atoms with van der Waals surface area (Å²) < 4.78 is 12.1. The fourth-order valence-corrected chi connectivity index (χ4v) is 5.15.